The molecule has 0 aliphatic rings. The number of carbonyl (C=O) groups excluding carboxylic acids is 2. The van der Waals surface area contributed by atoms with Crippen LogP contribution in [0.4, 0.5) is 0 Å². The van der Waals surface area contributed by atoms with Crippen LogP contribution in [-0.2, 0) is 11.3 Å². The Labute approximate surface area is 193 Å². The Morgan fingerprint density at radius 2 is 1.71 bits per heavy atom. The van der Waals surface area contributed by atoms with Crippen molar-refractivity contribution in [1.82, 2.24) is 10.2 Å². The van der Waals surface area contributed by atoms with Crippen molar-refractivity contribution in [3.8, 4) is 11.5 Å². The number of benzene rings is 2. The molecule has 0 aromatic heterocycles. The summed E-state index contributed by atoms with van der Waals surface area (Å²) in [6.45, 7) is 6.52. The fraction of sp³-hybridized carbons (Fsp3) is 0.391. The zero-order valence-electron chi connectivity index (χ0n) is 18.4. The first-order valence-corrected chi connectivity index (χ1v) is 10.7. The van der Waals surface area contributed by atoms with Gasteiger partial charge in [-0.05, 0) is 48.7 Å². The van der Waals surface area contributed by atoms with Crippen LogP contribution in [0, 0.1) is 5.92 Å². The first-order valence-electron chi connectivity index (χ1n) is 9.97. The van der Waals surface area contributed by atoms with E-state index in [1.807, 2.05) is 32.9 Å². The maximum atomic E-state index is 13.3. The van der Waals surface area contributed by atoms with Crippen molar-refractivity contribution < 1.29 is 19.1 Å². The number of hydrogen-bond donors (Lipinski definition) is 1. The van der Waals surface area contributed by atoms with E-state index in [0.717, 1.165) is 5.56 Å². The van der Waals surface area contributed by atoms with E-state index in [0.29, 0.717) is 29.6 Å². The Balaban J connectivity index is 2.21. The molecule has 2 aromatic rings. The molecular weight excluding hydrogens is 439 g/mol. The van der Waals surface area contributed by atoms with E-state index in [9.17, 15) is 9.59 Å². The van der Waals surface area contributed by atoms with Gasteiger partial charge in [0.05, 0.1) is 24.8 Å². The van der Waals surface area contributed by atoms with Crippen LogP contribution in [0.5, 0.6) is 11.5 Å². The van der Waals surface area contributed by atoms with Gasteiger partial charge in [0.1, 0.15) is 6.04 Å². The molecule has 0 heterocycles. The topological polar surface area (TPSA) is 67.9 Å². The molecule has 168 valence electrons. The minimum Gasteiger partial charge on any atom is -0.493 e. The first kappa shape index (κ1) is 24.8. The normalized spacial score (nSPS) is 11.7. The van der Waals surface area contributed by atoms with Gasteiger partial charge >= 0.3 is 0 Å². The first-order chi connectivity index (χ1) is 14.7. The maximum Gasteiger partial charge on any atom is 0.253 e. The number of methoxy groups -OCH3 is 2. The average Bonchev–Trinajstić information content (AvgIpc) is 2.74. The second-order valence-electron chi connectivity index (χ2n) is 7.36. The molecule has 0 saturated carbocycles. The minimum absolute atomic E-state index is 0.123. The zero-order valence-corrected chi connectivity index (χ0v) is 19.9. The quantitative estimate of drug-likeness (QED) is 0.575. The fourth-order valence-corrected chi connectivity index (χ4v) is 3.64. The lowest BCUT2D eigenvalue weighted by molar-refractivity contribution is -0.134. The van der Waals surface area contributed by atoms with E-state index >= 15 is 0 Å². The summed E-state index contributed by atoms with van der Waals surface area (Å²) in [7, 11) is 3.14. The third-order valence-corrected chi connectivity index (χ3v) is 5.46. The fourth-order valence-electron chi connectivity index (χ4n) is 3.15. The number of ether oxygens (including phenoxy) is 2. The van der Waals surface area contributed by atoms with Crippen molar-refractivity contribution in [2.24, 2.45) is 5.92 Å². The molecule has 0 aliphatic heterocycles. The van der Waals surface area contributed by atoms with Gasteiger partial charge < -0.3 is 19.7 Å². The van der Waals surface area contributed by atoms with Crippen molar-refractivity contribution >= 4 is 35.0 Å². The second-order valence-corrected chi connectivity index (χ2v) is 8.20. The van der Waals surface area contributed by atoms with Gasteiger partial charge in [-0.15, -0.1) is 0 Å². The highest BCUT2D eigenvalue weighted by atomic mass is 35.5. The molecular formula is C23H28Cl2N2O4. The van der Waals surface area contributed by atoms with Crippen LogP contribution in [0.1, 0.15) is 36.7 Å². The van der Waals surface area contributed by atoms with Gasteiger partial charge in [0.25, 0.3) is 5.91 Å². The SMILES string of the molecule is CCN(Cc1ccc(OC)c(OC)c1)C(=O)C(NC(=O)c1ccc(Cl)cc1Cl)C(C)C. The molecule has 2 amide bonds. The highest BCUT2D eigenvalue weighted by molar-refractivity contribution is 6.36. The number of nitrogens with one attached hydrogen (secondary N) is 1. The van der Waals surface area contributed by atoms with Gasteiger partial charge in [-0.2, -0.15) is 0 Å². The van der Waals surface area contributed by atoms with Crippen molar-refractivity contribution in [3.63, 3.8) is 0 Å². The van der Waals surface area contributed by atoms with Crippen LogP contribution in [-0.4, -0.2) is 43.5 Å². The molecule has 6 nitrogen and oxygen atoms in total. The molecule has 1 atom stereocenters. The summed E-state index contributed by atoms with van der Waals surface area (Å²) in [5, 5.41) is 3.50. The van der Waals surface area contributed by atoms with E-state index in [1.54, 1.807) is 37.3 Å². The smallest absolute Gasteiger partial charge is 0.253 e. The van der Waals surface area contributed by atoms with Gasteiger partial charge in [0.2, 0.25) is 5.91 Å². The predicted octanol–water partition coefficient (Wildman–Crippen LogP) is 4.81. The predicted molar refractivity (Wildman–Crippen MR) is 123 cm³/mol. The van der Waals surface area contributed by atoms with Crippen molar-refractivity contribution in [2.45, 2.75) is 33.4 Å². The molecule has 0 radical (unpaired) electrons. The van der Waals surface area contributed by atoms with E-state index in [1.165, 1.54) is 6.07 Å². The zero-order chi connectivity index (χ0) is 23.1. The van der Waals surface area contributed by atoms with E-state index in [4.69, 9.17) is 32.7 Å². The van der Waals surface area contributed by atoms with Crippen LogP contribution in [0.3, 0.4) is 0 Å². The van der Waals surface area contributed by atoms with Gasteiger partial charge in [0.15, 0.2) is 11.5 Å². The number of rotatable bonds is 9. The van der Waals surface area contributed by atoms with Crippen molar-refractivity contribution in [2.75, 3.05) is 20.8 Å². The van der Waals surface area contributed by atoms with Crippen LogP contribution in [0.2, 0.25) is 10.0 Å². The van der Waals surface area contributed by atoms with Crippen LogP contribution >= 0.6 is 23.2 Å². The Morgan fingerprint density at radius 1 is 1.03 bits per heavy atom. The summed E-state index contributed by atoms with van der Waals surface area (Å²) in [5.74, 6) is 0.492. The largest absolute Gasteiger partial charge is 0.493 e. The third-order valence-electron chi connectivity index (χ3n) is 4.91. The molecule has 0 bridgehead atoms. The number of likely N-dealkylation sites (N-methyl/N-ethyl adjacent to an activating group) is 1. The van der Waals surface area contributed by atoms with Gasteiger partial charge in [-0.1, -0.05) is 43.1 Å². The van der Waals surface area contributed by atoms with Crippen LogP contribution in [0.25, 0.3) is 0 Å². The standard InChI is InChI=1S/C23H28Cl2N2O4/c1-6-27(13-15-7-10-19(30-4)20(11-15)31-5)23(29)21(14(2)3)26-22(28)17-9-8-16(24)12-18(17)25/h7-12,14,21H,6,13H2,1-5H3,(H,26,28). The molecule has 0 aliphatic carbocycles. The van der Waals surface area contributed by atoms with Gasteiger partial charge in [-0.25, -0.2) is 0 Å². The Kier molecular flexibility index (Phi) is 9.01. The molecule has 1 N–H and O–H groups in total. The molecule has 2 rings (SSSR count). The number of carbonyl (C=O) groups is 2. The Bertz CT molecular complexity index is 934. The van der Waals surface area contributed by atoms with Gasteiger partial charge in [0, 0.05) is 18.1 Å². The lowest BCUT2D eigenvalue weighted by Gasteiger charge is -2.29. The summed E-state index contributed by atoms with van der Waals surface area (Å²) < 4.78 is 10.6. The van der Waals surface area contributed by atoms with Crippen LogP contribution < -0.4 is 14.8 Å². The molecule has 31 heavy (non-hydrogen) atoms. The minimum atomic E-state index is -0.709. The van der Waals surface area contributed by atoms with E-state index in [-0.39, 0.29) is 22.4 Å². The molecule has 8 heteroatoms. The average molecular weight is 467 g/mol. The number of halogens is 2. The molecule has 0 fully saturated rings. The van der Waals surface area contributed by atoms with Crippen molar-refractivity contribution in [3.05, 3.63) is 57.6 Å². The summed E-state index contributed by atoms with van der Waals surface area (Å²) in [5.41, 5.74) is 1.16. The molecule has 0 saturated heterocycles. The van der Waals surface area contributed by atoms with E-state index < -0.39 is 11.9 Å². The molecule has 0 spiro atoms. The summed E-state index contributed by atoms with van der Waals surface area (Å²) in [6.07, 6.45) is 0. The summed E-state index contributed by atoms with van der Waals surface area (Å²) in [6, 6.07) is 9.45. The number of hydrogen-bond acceptors (Lipinski definition) is 4. The molecule has 1 unspecified atom stereocenters. The number of amides is 2. The van der Waals surface area contributed by atoms with Gasteiger partial charge in [-0.3, -0.25) is 9.59 Å². The highest BCUT2D eigenvalue weighted by Gasteiger charge is 2.29. The third kappa shape index (κ3) is 6.28. The van der Waals surface area contributed by atoms with Crippen LogP contribution in [0.15, 0.2) is 36.4 Å². The van der Waals surface area contributed by atoms with Crippen molar-refractivity contribution in [1.29, 1.82) is 0 Å². The summed E-state index contributed by atoms with van der Waals surface area (Å²) >= 11 is 12.1. The monoisotopic (exact) mass is 466 g/mol. The summed E-state index contributed by atoms with van der Waals surface area (Å²) in [4.78, 5) is 27.8. The molecule has 2 aromatic carbocycles. The number of nitrogens with zero attached hydrogens (tertiary/aromatic N) is 1. The maximum absolute atomic E-state index is 13.3. The Morgan fingerprint density at radius 3 is 2.26 bits per heavy atom. The lowest BCUT2D eigenvalue weighted by Crippen LogP contribution is -2.51. The Hall–Kier alpha value is -2.44. The van der Waals surface area contributed by atoms with E-state index in [2.05, 4.69) is 5.32 Å². The highest BCUT2D eigenvalue weighted by Crippen LogP contribution is 2.28. The second kappa shape index (κ2) is 11.3. The lowest BCUT2D eigenvalue weighted by atomic mass is 10.0.